The first-order valence-corrected chi connectivity index (χ1v) is 8.68. The molecule has 1 fully saturated rings. The third-order valence-electron chi connectivity index (χ3n) is 4.42. The van der Waals surface area contributed by atoms with Gasteiger partial charge in [-0.05, 0) is 29.8 Å². The number of β-amino-alcohol motifs (C(OH)–C–C–N with tert-alkyl or cyclic N) is 1. The number of carbonyl (C=O) groups excluding carboxylic acids is 2. The third-order valence-corrected chi connectivity index (χ3v) is 4.42. The van der Waals surface area contributed by atoms with E-state index in [-0.39, 0.29) is 37.1 Å². The Morgan fingerprint density at radius 1 is 1.26 bits per heavy atom. The molecule has 1 heterocycles. The summed E-state index contributed by atoms with van der Waals surface area (Å²) in [6.45, 7) is 1.77. The Balaban J connectivity index is 1.62. The van der Waals surface area contributed by atoms with E-state index in [1.807, 2.05) is 0 Å². The van der Waals surface area contributed by atoms with Crippen molar-refractivity contribution in [1.29, 1.82) is 0 Å². The average molecular weight is 372 g/mol. The molecule has 2 amide bonds. The van der Waals surface area contributed by atoms with Crippen LogP contribution in [0.5, 0.6) is 11.5 Å². The van der Waals surface area contributed by atoms with E-state index in [0.717, 1.165) is 5.56 Å². The number of carbonyl (C=O) groups is 2. The largest absolute Gasteiger partial charge is 0.454 e. The van der Waals surface area contributed by atoms with Crippen molar-refractivity contribution in [2.24, 2.45) is 0 Å². The molecule has 0 spiro atoms. The first kappa shape index (κ1) is 18.8. The number of hydrogen-bond donors (Lipinski definition) is 2. The highest BCUT2D eigenvalue weighted by Crippen LogP contribution is 2.25. The highest BCUT2D eigenvalue weighted by atomic mass is 19.1. The van der Waals surface area contributed by atoms with Crippen molar-refractivity contribution >= 4 is 11.8 Å². The number of para-hydroxylation sites is 1. The Labute approximate surface area is 156 Å². The quantitative estimate of drug-likeness (QED) is 0.844. The highest BCUT2D eigenvalue weighted by Gasteiger charge is 2.37. The fraction of sp³-hybridized carbons (Fsp3) is 0.300. The lowest BCUT2D eigenvalue weighted by Gasteiger charge is -2.22. The number of ether oxygens (including phenoxy) is 1. The minimum absolute atomic E-state index is 0.121. The summed E-state index contributed by atoms with van der Waals surface area (Å²) < 4.78 is 19.2. The second-order valence-corrected chi connectivity index (χ2v) is 6.47. The highest BCUT2D eigenvalue weighted by molar-refractivity contribution is 5.87. The number of aliphatic hydroxyl groups is 1. The van der Waals surface area contributed by atoms with Crippen LogP contribution in [0, 0.1) is 5.82 Å². The molecule has 0 aliphatic carbocycles. The number of rotatable bonds is 5. The molecule has 0 bridgehead atoms. The molecule has 27 heavy (non-hydrogen) atoms. The topological polar surface area (TPSA) is 78.9 Å². The van der Waals surface area contributed by atoms with Crippen LogP contribution in [-0.4, -0.2) is 40.5 Å². The van der Waals surface area contributed by atoms with Crippen LogP contribution in [0.3, 0.4) is 0 Å². The van der Waals surface area contributed by atoms with Crippen LogP contribution in [0.1, 0.15) is 18.9 Å². The lowest BCUT2D eigenvalue weighted by atomic mass is 10.1. The molecule has 142 valence electrons. The summed E-state index contributed by atoms with van der Waals surface area (Å²) in [4.78, 5) is 25.4. The zero-order chi connectivity index (χ0) is 19.4. The second-order valence-electron chi connectivity index (χ2n) is 6.47. The van der Waals surface area contributed by atoms with Crippen molar-refractivity contribution in [2.75, 3.05) is 6.54 Å². The first-order chi connectivity index (χ1) is 12.9. The molecule has 7 heteroatoms. The average Bonchev–Trinajstić information content (AvgIpc) is 3.04. The molecule has 2 N–H and O–H groups in total. The normalized spacial score (nSPS) is 19.0. The van der Waals surface area contributed by atoms with Gasteiger partial charge in [-0.3, -0.25) is 9.59 Å². The standard InChI is InChI=1S/C20H21FN2O4/c1-13(24)23-12-15(25)10-18(23)20(26)22-11-14-5-4-6-16(9-14)27-19-8-3-2-7-17(19)21/h2-9,15,18,25H,10-12H2,1H3,(H,22,26)/t15-,18+/m0/s1. The smallest absolute Gasteiger partial charge is 0.243 e. The van der Waals surface area contributed by atoms with E-state index in [2.05, 4.69) is 5.32 Å². The van der Waals surface area contributed by atoms with Crippen LogP contribution >= 0.6 is 0 Å². The molecular weight excluding hydrogens is 351 g/mol. The van der Waals surface area contributed by atoms with E-state index >= 15 is 0 Å². The van der Waals surface area contributed by atoms with Crippen LogP contribution in [0.2, 0.25) is 0 Å². The second kappa shape index (κ2) is 8.18. The molecule has 0 aromatic heterocycles. The molecule has 2 atom stereocenters. The minimum Gasteiger partial charge on any atom is -0.454 e. The minimum atomic E-state index is -0.692. The van der Waals surface area contributed by atoms with Crippen molar-refractivity contribution in [3.63, 3.8) is 0 Å². The first-order valence-electron chi connectivity index (χ1n) is 8.68. The van der Waals surface area contributed by atoms with Crippen molar-refractivity contribution in [2.45, 2.75) is 32.0 Å². The van der Waals surface area contributed by atoms with Gasteiger partial charge in [0.1, 0.15) is 11.8 Å². The Hall–Kier alpha value is -2.93. The van der Waals surface area contributed by atoms with Gasteiger partial charge >= 0.3 is 0 Å². The number of likely N-dealkylation sites (tertiary alicyclic amines) is 1. The van der Waals surface area contributed by atoms with Gasteiger partial charge in [0.05, 0.1) is 6.10 Å². The van der Waals surface area contributed by atoms with E-state index in [4.69, 9.17) is 4.74 Å². The van der Waals surface area contributed by atoms with E-state index in [1.165, 1.54) is 24.0 Å². The Morgan fingerprint density at radius 2 is 2.04 bits per heavy atom. The van der Waals surface area contributed by atoms with Crippen LogP contribution in [0.15, 0.2) is 48.5 Å². The van der Waals surface area contributed by atoms with E-state index in [1.54, 1.807) is 36.4 Å². The van der Waals surface area contributed by atoms with E-state index < -0.39 is 18.0 Å². The summed E-state index contributed by atoms with van der Waals surface area (Å²) in [7, 11) is 0. The molecule has 6 nitrogen and oxygen atoms in total. The maximum atomic E-state index is 13.7. The summed E-state index contributed by atoms with van der Waals surface area (Å²) in [6.07, 6.45) is -0.468. The lowest BCUT2D eigenvalue weighted by molar-refractivity contribution is -0.137. The predicted molar refractivity (Wildman–Crippen MR) is 96.6 cm³/mol. The summed E-state index contributed by atoms with van der Waals surface area (Å²) in [6, 6.07) is 12.4. The van der Waals surface area contributed by atoms with Gasteiger partial charge in [-0.15, -0.1) is 0 Å². The summed E-state index contributed by atoms with van der Waals surface area (Å²) in [5, 5.41) is 12.5. The number of nitrogens with zero attached hydrogens (tertiary/aromatic N) is 1. The van der Waals surface area contributed by atoms with Crippen molar-refractivity contribution < 1.29 is 23.8 Å². The van der Waals surface area contributed by atoms with Gasteiger partial charge in [0.15, 0.2) is 11.6 Å². The van der Waals surface area contributed by atoms with Crippen LogP contribution < -0.4 is 10.1 Å². The molecule has 1 aliphatic heterocycles. The van der Waals surface area contributed by atoms with E-state index in [9.17, 15) is 19.1 Å². The number of amides is 2. The molecule has 0 saturated carbocycles. The van der Waals surface area contributed by atoms with Gasteiger partial charge in [0.25, 0.3) is 0 Å². The van der Waals surface area contributed by atoms with Crippen LogP contribution in [0.4, 0.5) is 4.39 Å². The number of nitrogens with one attached hydrogen (secondary N) is 1. The lowest BCUT2D eigenvalue weighted by Crippen LogP contribution is -2.44. The number of aliphatic hydroxyl groups excluding tert-OH is 1. The Morgan fingerprint density at radius 3 is 2.78 bits per heavy atom. The van der Waals surface area contributed by atoms with Gasteiger partial charge < -0.3 is 20.1 Å². The molecular formula is C20H21FN2O4. The molecule has 2 aromatic rings. The zero-order valence-corrected chi connectivity index (χ0v) is 14.9. The zero-order valence-electron chi connectivity index (χ0n) is 14.9. The molecule has 3 rings (SSSR count). The SMILES string of the molecule is CC(=O)N1C[C@@H](O)C[C@@H]1C(=O)NCc1cccc(Oc2ccccc2F)c1. The third kappa shape index (κ3) is 4.62. The van der Waals surface area contributed by atoms with Gasteiger partial charge in [-0.1, -0.05) is 24.3 Å². The molecule has 0 unspecified atom stereocenters. The van der Waals surface area contributed by atoms with Crippen LogP contribution in [0.25, 0.3) is 0 Å². The fourth-order valence-corrected chi connectivity index (χ4v) is 3.09. The summed E-state index contributed by atoms with van der Waals surface area (Å²) >= 11 is 0. The Bertz CT molecular complexity index is 842. The van der Waals surface area contributed by atoms with Gasteiger partial charge in [-0.2, -0.15) is 0 Å². The van der Waals surface area contributed by atoms with Crippen LogP contribution in [-0.2, 0) is 16.1 Å². The monoisotopic (exact) mass is 372 g/mol. The van der Waals surface area contributed by atoms with Gasteiger partial charge in [0, 0.05) is 26.4 Å². The maximum Gasteiger partial charge on any atom is 0.243 e. The van der Waals surface area contributed by atoms with Gasteiger partial charge in [0.2, 0.25) is 11.8 Å². The predicted octanol–water partition coefficient (Wildman–Crippen LogP) is 2.22. The summed E-state index contributed by atoms with van der Waals surface area (Å²) in [5.74, 6) is -0.446. The summed E-state index contributed by atoms with van der Waals surface area (Å²) in [5.41, 5.74) is 0.769. The van der Waals surface area contributed by atoms with Crippen molar-refractivity contribution in [3.05, 3.63) is 59.9 Å². The molecule has 1 saturated heterocycles. The molecule has 0 radical (unpaired) electrons. The fourth-order valence-electron chi connectivity index (χ4n) is 3.09. The number of halogens is 1. The van der Waals surface area contributed by atoms with Gasteiger partial charge in [-0.25, -0.2) is 4.39 Å². The van der Waals surface area contributed by atoms with E-state index in [0.29, 0.717) is 5.75 Å². The number of benzene rings is 2. The van der Waals surface area contributed by atoms with Crippen molar-refractivity contribution in [3.8, 4) is 11.5 Å². The molecule has 1 aliphatic rings. The number of hydrogen-bond acceptors (Lipinski definition) is 4. The Kier molecular flexibility index (Phi) is 5.71. The van der Waals surface area contributed by atoms with Crippen molar-refractivity contribution in [1.82, 2.24) is 10.2 Å². The molecule has 2 aromatic carbocycles. The maximum absolute atomic E-state index is 13.7.